The minimum Gasteiger partial charge on any atom is -0.489 e. The largest absolute Gasteiger partial charge is 0.489 e. The van der Waals surface area contributed by atoms with Gasteiger partial charge in [0.2, 0.25) is 0 Å². The summed E-state index contributed by atoms with van der Waals surface area (Å²) in [6.45, 7) is 12.6. The normalized spacial score (nSPS) is 21.0. The molecule has 0 aliphatic carbocycles. The summed E-state index contributed by atoms with van der Waals surface area (Å²) in [5, 5.41) is 0. The number of rotatable bonds is 4. The zero-order valence-electron chi connectivity index (χ0n) is 17.0. The zero-order valence-corrected chi connectivity index (χ0v) is 17.0. The number of carbonyl (C=O) groups is 1. The minimum atomic E-state index is -0.466. The summed E-state index contributed by atoms with van der Waals surface area (Å²) >= 11 is 0. The van der Waals surface area contributed by atoms with Crippen LogP contribution in [0.5, 0.6) is 5.75 Å². The molecule has 5 heteroatoms. The molecule has 0 aromatic heterocycles. The van der Waals surface area contributed by atoms with Gasteiger partial charge in [-0.2, -0.15) is 0 Å². The van der Waals surface area contributed by atoms with Crippen LogP contribution in [0.15, 0.2) is 18.2 Å². The number of nitrogens with two attached hydrogens (primary N) is 1. The number of nitrogens with zero attached hydrogens (tertiary/aromatic N) is 1. The summed E-state index contributed by atoms with van der Waals surface area (Å²) in [5.41, 5.74) is 7.48. The van der Waals surface area contributed by atoms with Crippen molar-refractivity contribution in [2.75, 3.05) is 12.3 Å². The molecule has 1 aliphatic rings. The third kappa shape index (κ3) is 5.29. The maximum atomic E-state index is 12.5. The summed E-state index contributed by atoms with van der Waals surface area (Å²) in [6.07, 6.45) is 2.65. The molecule has 1 fully saturated rings. The van der Waals surface area contributed by atoms with Crippen molar-refractivity contribution in [1.29, 1.82) is 0 Å². The van der Waals surface area contributed by atoms with Crippen molar-refractivity contribution in [2.45, 2.75) is 84.5 Å². The Morgan fingerprint density at radius 2 is 2.04 bits per heavy atom. The van der Waals surface area contributed by atoms with Gasteiger partial charge in [0.05, 0.1) is 11.8 Å². The highest BCUT2D eigenvalue weighted by Gasteiger charge is 2.34. The van der Waals surface area contributed by atoms with Crippen LogP contribution in [0.4, 0.5) is 10.5 Å². The first kappa shape index (κ1) is 20.4. The van der Waals surface area contributed by atoms with Gasteiger partial charge in [0.25, 0.3) is 0 Å². The van der Waals surface area contributed by atoms with Gasteiger partial charge in [-0.1, -0.05) is 13.0 Å². The Balaban J connectivity index is 2.12. The SMILES string of the molecule is CC[C@H]1C[C@@H](c2ccc(N)c(OC(C)C)c2)CCN1C(=O)OC(C)(C)C. The van der Waals surface area contributed by atoms with Gasteiger partial charge in [-0.15, -0.1) is 0 Å². The van der Waals surface area contributed by atoms with Crippen molar-refractivity contribution in [3.63, 3.8) is 0 Å². The van der Waals surface area contributed by atoms with Gasteiger partial charge in [-0.25, -0.2) is 4.79 Å². The second-order valence-electron chi connectivity index (χ2n) is 8.42. The summed E-state index contributed by atoms with van der Waals surface area (Å²) in [4.78, 5) is 14.4. The van der Waals surface area contributed by atoms with Crippen molar-refractivity contribution >= 4 is 11.8 Å². The van der Waals surface area contributed by atoms with Crippen LogP contribution in [0.3, 0.4) is 0 Å². The van der Waals surface area contributed by atoms with E-state index in [2.05, 4.69) is 19.1 Å². The van der Waals surface area contributed by atoms with E-state index in [1.807, 2.05) is 45.6 Å². The number of hydrogen-bond donors (Lipinski definition) is 1. The summed E-state index contributed by atoms with van der Waals surface area (Å²) in [6, 6.07) is 6.27. The predicted octanol–water partition coefficient (Wildman–Crippen LogP) is 4.95. The Morgan fingerprint density at radius 3 is 2.62 bits per heavy atom. The molecule has 0 unspecified atom stereocenters. The van der Waals surface area contributed by atoms with Crippen LogP contribution in [0, 0.1) is 0 Å². The third-order valence-corrected chi connectivity index (χ3v) is 4.69. The lowest BCUT2D eigenvalue weighted by Crippen LogP contribution is -2.47. The van der Waals surface area contributed by atoms with Crippen LogP contribution in [0.1, 0.15) is 72.3 Å². The van der Waals surface area contributed by atoms with Gasteiger partial charge in [-0.05, 0) is 77.5 Å². The molecule has 2 atom stereocenters. The number of piperidine rings is 1. The average Bonchev–Trinajstić information content (AvgIpc) is 2.54. The number of ether oxygens (including phenoxy) is 2. The van der Waals surface area contributed by atoms with Gasteiger partial charge >= 0.3 is 6.09 Å². The Labute approximate surface area is 157 Å². The highest BCUT2D eigenvalue weighted by molar-refractivity contribution is 5.68. The van der Waals surface area contributed by atoms with Crippen LogP contribution in [0.2, 0.25) is 0 Å². The fourth-order valence-electron chi connectivity index (χ4n) is 3.46. The average molecular weight is 363 g/mol. The minimum absolute atomic E-state index is 0.0879. The predicted molar refractivity (Wildman–Crippen MR) is 106 cm³/mol. The van der Waals surface area contributed by atoms with Gasteiger partial charge in [0, 0.05) is 12.6 Å². The molecule has 0 bridgehead atoms. The number of amides is 1. The molecule has 1 aromatic carbocycles. The van der Waals surface area contributed by atoms with E-state index in [0.29, 0.717) is 18.2 Å². The number of hydrogen-bond acceptors (Lipinski definition) is 4. The molecule has 1 heterocycles. The standard InChI is InChI=1S/C21H34N2O3/c1-7-17-12-16(10-11-23(17)20(24)26-21(4,5)6)15-8-9-18(22)19(13-15)25-14(2)3/h8-9,13-14,16-17H,7,10-12,22H2,1-6H3/t16-,17-/m0/s1. The lowest BCUT2D eigenvalue weighted by atomic mass is 9.84. The molecule has 1 aromatic rings. The Kier molecular flexibility index (Phi) is 6.43. The molecule has 0 radical (unpaired) electrons. The number of likely N-dealkylation sites (tertiary alicyclic amines) is 1. The highest BCUT2D eigenvalue weighted by Crippen LogP contribution is 2.36. The van der Waals surface area contributed by atoms with Crippen LogP contribution in [-0.4, -0.2) is 35.3 Å². The van der Waals surface area contributed by atoms with E-state index in [1.165, 1.54) is 5.56 Å². The van der Waals surface area contributed by atoms with Gasteiger partial charge in [0.1, 0.15) is 11.4 Å². The number of benzene rings is 1. The van der Waals surface area contributed by atoms with Crippen molar-refractivity contribution in [2.24, 2.45) is 0 Å². The van der Waals surface area contributed by atoms with Gasteiger partial charge in [0.15, 0.2) is 0 Å². The van der Waals surface area contributed by atoms with Crippen LogP contribution in [0.25, 0.3) is 0 Å². The monoisotopic (exact) mass is 362 g/mol. The van der Waals surface area contributed by atoms with Gasteiger partial charge in [-0.3, -0.25) is 0 Å². The molecule has 146 valence electrons. The van der Waals surface area contributed by atoms with E-state index in [4.69, 9.17) is 15.2 Å². The fourth-order valence-corrected chi connectivity index (χ4v) is 3.46. The first-order valence-electron chi connectivity index (χ1n) is 9.66. The molecule has 5 nitrogen and oxygen atoms in total. The second-order valence-corrected chi connectivity index (χ2v) is 8.42. The summed E-state index contributed by atoms with van der Waals surface area (Å²) in [7, 11) is 0. The van der Waals surface area contributed by atoms with E-state index in [9.17, 15) is 4.79 Å². The van der Waals surface area contributed by atoms with E-state index in [0.717, 1.165) is 25.0 Å². The Morgan fingerprint density at radius 1 is 1.35 bits per heavy atom. The molecular weight excluding hydrogens is 328 g/mol. The molecule has 2 rings (SSSR count). The number of carbonyl (C=O) groups excluding carboxylic acids is 1. The molecule has 0 spiro atoms. The molecular formula is C21H34N2O3. The van der Waals surface area contributed by atoms with Gasteiger partial charge < -0.3 is 20.1 Å². The third-order valence-electron chi connectivity index (χ3n) is 4.69. The molecule has 1 amide bonds. The highest BCUT2D eigenvalue weighted by atomic mass is 16.6. The fraction of sp³-hybridized carbons (Fsp3) is 0.667. The van der Waals surface area contributed by atoms with Crippen molar-refractivity contribution in [3.05, 3.63) is 23.8 Å². The lowest BCUT2D eigenvalue weighted by molar-refractivity contribution is 0.00756. The van der Waals surface area contributed by atoms with E-state index >= 15 is 0 Å². The molecule has 1 saturated heterocycles. The molecule has 2 N–H and O–H groups in total. The lowest BCUT2D eigenvalue weighted by Gasteiger charge is -2.40. The first-order valence-corrected chi connectivity index (χ1v) is 9.66. The zero-order chi connectivity index (χ0) is 19.5. The van der Waals surface area contributed by atoms with E-state index in [-0.39, 0.29) is 18.2 Å². The molecule has 1 aliphatic heterocycles. The van der Waals surface area contributed by atoms with Crippen molar-refractivity contribution in [1.82, 2.24) is 4.90 Å². The maximum absolute atomic E-state index is 12.5. The quantitative estimate of drug-likeness (QED) is 0.770. The smallest absolute Gasteiger partial charge is 0.410 e. The van der Waals surface area contributed by atoms with Crippen LogP contribution in [-0.2, 0) is 4.74 Å². The van der Waals surface area contributed by atoms with Crippen LogP contribution >= 0.6 is 0 Å². The maximum Gasteiger partial charge on any atom is 0.410 e. The first-order chi connectivity index (χ1) is 12.1. The summed E-state index contributed by atoms with van der Waals surface area (Å²) in [5.74, 6) is 1.15. The van der Waals surface area contributed by atoms with E-state index in [1.54, 1.807) is 0 Å². The van der Waals surface area contributed by atoms with Crippen molar-refractivity contribution in [3.8, 4) is 5.75 Å². The second kappa shape index (κ2) is 8.19. The van der Waals surface area contributed by atoms with E-state index < -0.39 is 5.60 Å². The summed E-state index contributed by atoms with van der Waals surface area (Å²) < 4.78 is 11.4. The molecule has 26 heavy (non-hydrogen) atoms. The Bertz CT molecular complexity index is 622. The number of anilines is 1. The van der Waals surface area contributed by atoms with Crippen LogP contribution < -0.4 is 10.5 Å². The number of nitrogen functional groups attached to an aromatic ring is 1. The molecule has 0 saturated carbocycles. The topological polar surface area (TPSA) is 64.8 Å². The van der Waals surface area contributed by atoms with Crippen molar-refractivity contribution < 1.29 is 14.3 Å². The Hall–Kier alpha value is -1.91.